The molecule has 0 amide bonds. The third-order valence-corrected chi connectivity index (χ3v) is 10.7. The highest BCUT2D eigenvalue weighted by atomic mass is 16.6. The fraction of sp³-hybridized carbons (Fsp3) is 0.709. The van der Waals surface area contributed by atoms with Crippen LogP contribution in [0.4, 0.5) is 0 Å². The molecular weight excluding hydrogens is 741 g/mol. The zero-order chi connectivity index (χ0) is 43.5. The maximum atomic E-state index is 12.3. The molecule has 0 aromatic carbocycles. The van der Waals surface area contributed by atoms with Gasteiger partial charge in [-0.3, -0.25) is 9.59 Å². The summed E-state index contributed by atoms with van der Waals surface area (Å²) in [6, 6.07) is 0. The highest BCUT2D eigenvalue weighted by Crippen LogP contribution is 2.15. The summed E-state index contributed by atoms with van der Waals surface area (Å²) in [5.41, 5.74) is 0. The van der Waals surface area contributed by atoms with Crippen LogP contribution in [0.2, 0.25) is 0 Å². The van der Waals surface area contributed by atoms with E-state index in [2.05, 4.69) is 98.9 Å². The number of esters is 2. The Morgan fingerprint density at radius 1 is 0.400 bits per heavy atom. The van der Waals surface area contributed by atoms with Crippen LogP contribution in [0.1, 0.15) is 232 Å². The molecule has 60 heavy (non-hydrogen) atoms. The largest absolute Gasteiger partial charge is 0.462 e. The first-order chi connectivity index (χ1) is 29.6. The summed E-state index contributed by atoms with van der Waals surface area (Å²) < 4.78 is 10.7. The first-order valence-electron chi connectivity index (χ1n) is 25.1. The smallest absolute Gasteiger partial charge is 0.306 e. The molecule has 0 aromatic rings. The highest BCUT2D eigenvalue weighted by Gasteiger charge is 2.16. The van der Waals surface area contributed by atoms with Crippen LogP contribution in [0.25, 0.3) is 0 Å². The Hall–Kier alpha value is -2.92. The summed E-state index contributed by atoms with van der Waals surface area (Å²) in [6.07, 6.45) is 69.5. The Balaban J connectivity index is 3.53. The lowest BCUT2D eigenvalue weighted by molar-refractivity contribution is -0.161. The molecule has 5 heteroatoms. The van der Waals surface area contributed by atoms with E-state index in [0.29, 0.717) is 12.8 Å². The number of unbranched alkanes of at least 4 members (excludes halogenated alkanes) is 23. The maximum Gasteiger partial charge on any atom is 0.306 e. The van der Waals surface area contributed by atoms with Gasteiger partial charge < -0.3 is 14.6 Å². The molecule has 0 aromatic heterocycles. The molecule has 0 aliphatic heterocycles. The number of aliphatic hydroxyl groups is 1. The summed E-state index contributed by atoms with van der Waals surface area (Å²) in [5, 5.41) is 9.62. The van der Waals surface area contributed by atoms with Crippen LogP contribution in [-0.2, 0) is 19.1 Å². The second-order valence-electron chi connectivity index (χ2n) is 16.5. The Labute approximate surface area is 371 Å². The lowest BCUT2D eigenvalue weighted by Gasteiger charge is -2.15. The summed E-state index contributed by atoms with van der Waals surface area (Å²) in [6.45, 7) is 4.00. The van der Waals surface area contributed by atoms with E-state index in [-0.39, 0.29) is 25.2 Å². The molecule has 0 bridgehead atoms. The van der Waals surface area contributed by atoms with Crippen molar-refractivity contribution in [3.05, 3.63) is 85.1 Å². The number of carbonyl (C=O) groups excluding carboxylic acids is 2. The Kier molecular flexibility index (Phi) is 48.0. The van der Waals surface area contributed by atoms with Gasteiger partial charge in [-0.1, -0.05) is 214 Å². The monoisotopic (exact) mass is 835 g/mol. The first-order valence-corrected chi connectivity index (χ1v) is 25.1. The van der Waals surface area contributed by atoms with Crippen molar-refractivity contribution in [2.75, 3.05) is 13.2 Å². The predicted molar refractivity (Wildman–Crippen MR) is 260 cm³/mol. The van der Waals surface area contributed by atoms with E-state index in [0.717, 1.165) is 83.5 Å². The fourth-order valence-electron chi connectivity index (χ4n) is 6.91. The number of ether oxygens (including phenoxy) is 2. The fourth-order valence-corrected chi connectivity index (χ4v) is 6.91. The summed E-state index contributed by atoms with van der Waals surface area (Å²) >= 11 is 0. The average molecular weight is 835 g/mol. The third-order valence-electron chi connectivity index (χ3n) is 10.7. The van der Waals surface area contributed by atoms with Gasteiger partial charge in [-0.2, -0.15) is 0 Å². The zero-order valence-electron chi connectivity index (χ0n) is 39.2. The Bertz CT molecular complexity index is 1130. The SMILES string of the molecule is CC/C=C\C/C=C\C/C=C\C/C=C\CCCCCCCCCCCCCCCCC(=O)OC(CO)COC(=O)CCCCCCCC/C=C\C/C=C\C/C=C\CCCCC. The van der Waals surface area contributed by atoms with Crippen LogP contribution in [-0.4, -0.2) is 36.4 Å². The first kappa shape index (κ1) is 57.1. The number of hydrogen-bond donors (Lipinski definition) is 1. The maximum absolute atomic E-state index is 12.3. The standard InChI is InChI=1S/C55H94O5/c1-3-5-7-9-11-13-15-17-19-21-23-24-25-26-27-28-29-30-32-34-36-38-40-42-44-46-48-50-55(58)60-53(51-56)52-59-54(57)49-47-45-43-41-39-37-35-33-31-22-20-18-16-14-12-10-8-6-4-2/h5,7,11-14,17-20,23-24,31,33,53,56H,3-4,6,8-10,15-16,21-22,25-30,32,34-52H2,1-2H3/b7-5-,13-11-,14-12-,19-17-,20-18-,24-23-,33-31-. The minimum Gasteiger partial charge on any atom is -0.462 e. The number of hydrogen-bond acceptors (Lipinski definition) is 5. The van der Waals surface area contributed by atoms with Crippen LogP contribution in [0.5, 0.6) is 0 Å². The Morgan fingerprint density at radius 3 is 1.08 bits per heavy atom. The predicted octanol–water partition coefficient (Wildman–Crippen LogP) is 16.6. The molecule has 0 aliphatic rings. The number of carbonyl (C=O) groups is 2. The van der Waals surface area contributed by atoms with E-state index in [1.807, 2.05) is 0 Å². The molecule has 0 saturated carbocycles. The molecular formula is C55H94O5. The molecule has 0 radical (unpaired) electrons. The molecule has 0 heterocycles. The van der Waals surface area contributed by atoms with Crippen LogP contribution in [0, 0.1) is 0 Å². The van der Waals surface area contributed by atoms with Crippen molar-refractivity contribution >= 4 is 11.9 Å². The molecule has 0 fully saturated rings. The summed E-state index contributed by atoms with van der Waals surface area (Å²) in [7, 11) is 0. The van der Waals surface area contributed by atoms with Gasteiger partial charge in [0.05, 0.1) is 6.61 Å². The van der Waals surface area contributed by atoms with Gasteiger partial charge in [-0.25, -0.2) is 0 Å². The van der Waals surface area contributed by atoms with Gasteiger partial charge in [0.2, 0.25) is 0 Å². The van der Waals surface area contributed by atoms with Crippen LogP contribution < -0.4 is 0 Å². The van der Waals surface area contributed by atoms with E-state index >= 15 is 0 Å². The van der Waals surface area contributed by atoms with Crippen molar-refractivity contribution in [2.24, 2.45) is 0 Å². The molecule has 0 spiro atoms. The van der Waals surface area contributed by atoms with Gasteiger partial charge in [0.1, 0.15) is 6.61 Å². The number of aliphatic hydroxyl groups excluding tert-OH is 1. The Morgan fingerprint density at radius 2 is 0.717 bits per heavy atom. The van der Waals surface area contributed by atoms with E-state index < -0.39 is 6.10 Å². The van der Waals surface area contributed by atoms with Crippen molar-refractivity contribution in [3.8, 4) is 0 Å². The average Bonchev–Trinajstić information content (AvgIpc) is 3.25. The normalized spacial score (nSPS) is 12.9. The van der Waals surface area contributed by atoms with Crippen molar-refractivity contribution in [2.45, 2.75) is 238 Å². The second-order valence-corrected chi connectivity index (χ2v) is 16.5. The van der Waals surface area contributed by atoms with Gasteiger partial charge >= 0.3 is 11.9 Å². The van der Waals surface area contributed by atoms with Gasteiger partial charge in [0.25, 0.3) is 0 Å². The lowest BCUT2D eigenvalue weighted by atomic mass is 10.0. The number of rotatable bonds is 45. The topological polar surface area (TPSA) is 72.8 Å². The minimum atomic E-state index is -0.782. The van der Waals surface area contributed by atoms with Crippen molar-refractivity contribution in [3.63, 3.8) is 0 Å². The van der Waals surface area contributed by atoms with Crippen molar-refractivity contribution < 1.29 is 24.2 Å². The molecule has 344 valence electrons. The second kappa shape index (κ2) is 50.4. The molecule has 1 atom stereocenters. The summed E-state index contributed by atoms with van der Waals surface area (Å²) in [5.74, 6) is -0.605. The van der Waals surface area contributed by atoms with Gasteiger partial charge in [-0.05, 0) is 89.9 Å². The van der Waals surface area contributed by atoms with Crippen LogP contribution >= 0.6 is 0 Å². The molecule has 5 nitrogen and oxygen atoms in total. The number of allylic oxidation sites excluding steroid dienone is 14. The molecule has 1 unspecified atom stereocenters. The van der Waals surface area contributed by atoms with E-state index in [1.54, 1.807) is 0 Å². The van der Waals surface area contributed by atoms with Crippen LogP contribution in [0.15, 0.2) is 85.1 Å². The van der Waals surface area contributed by atoms with Crippen molar-refractivity contribution in [1.29, 1.82) is 0 Å². The van der Waals surface area contributed by atoms with E-state index in [4.69, 9.17) is 9.47 Å². The molecule has 0 saturated heterocycles. The van der Waals surface area contributed by atoms with E-state index in [1.165, 1.54) is 122 Å². The molecule has 0 rings (SSSR count). The summed E-state index contributed by atoms with van der Waals surface area (Å²) in [4.78, 5) is 24.4. The van der Waals surface area contributed by atoms with E-state index in [9.17, 15) is 14.7 Å². The van der Waals surface area contributed by atoms with Crippen molar-refractivity contribution in [1.82, 2.24) is 0 Å². The lowest BCUT2D eigenvalue weighted by Crippen LogP contribution is -2.28. The van der Waals surface area contributed by atoms with Crippen LogP contribution in [0.3, 0.4) is 0 Å². The highest BCUT2D eigenvalue weighted by molar-refractivity contribution is 5.70. The zero-order valence-corrected chi connectivity index (χ0v) is 39.2. The third kappa shape index (κ3) is 47.8. The molecule has 1 N–H and O–H groups in total. The minimum absolute atomic E-state index is 0.0756. The molecule has 0 aliphatic carbocycles. The van der Waals surface area contributed by atoms with Gasteiger partial charge in [0, 0.05) is 12.8 Å². The quantitative estimate of drug-likeness (QED) is 0.0376. The van der Waals surface area contributed by atoms with Gasteiger partial charge in [0.15, 0.2) is 6.10 Å². The van der Waals surface area contributed by atoms with Gasteiger partial charge in [-0.15, -0.1) is 0 Å².